The molecule has 170 valence electrons. The lowest BCUT2D eigenvalue weighted by atomic mass is 9.96. The number of piperazine rings is 1. The third-order valence-corrected chi connectivity index (χ3v) is 8.23. The van der Waals surface area contributed by atoms with E-state index in [0.29, 0.717) is 18.2 Å². The van der Waals surface area contributed by atoms with Crippen molar-refractivity contribution in [1.82, 2.24) is 14.9 Å². The molecule has 2 aliphatic rings. The standard InChI is InChI=1S/C25H38N4OS/c1-4-6-7-8-13-21(30)28-14-16-29(17-15-28)24-22-19-11-9-10-12-20(19)31-25(22)27-23(26-24)18(3)5-2/h18H,4-17H2,1-3H3. The molecule has 1 unspecified atom stereocenters. The molecule has 0 radical (unpaired) electrons. The van der Waals surface area contributed by atoms with Gasteiger partial charge in [-0.05, 0) is 44.1 Å². The Morgan fingerprint density at radius 2 is 1.81 bits per heavy atom. The van der Waals surface area contributed by atoms with Crippen LogP contribution >= 0.6 is 11.3 Å². The quantitative estimate of drug-likeness (QED) is 0.492. The molecule has 1 fully saturated rings. The summed E-state index contributed by atoms with van der Waals surface area (Å²) in [5.74, 6) is 2.82. The van der Waals surface area contributed by atoms with Crippen LogP contribution in [0, 0.1) is 0 Å². The van der Waals surface area contributed by atoms with E-state index in [-0.39, 0.29) is 0 Å². The number of hydrogen-bond donors (Lipinski definition) is 0. The highest BCUT2D eigenvalue weighted by Crippen LogP contribution is 2.40. The minimum Gasteiger partial charge on any atom is -0.352 e. The summed E-state index contributed by atoms with van der Waals surface area (Å²) in [5, 5.41) is 1.31. The number of carbonyl (C=O) groups excluding carboxylic acids is 1. The van der Waals surface area contributed by atoms with Crippen molar-refractivity contribution >= 4 is 33.3 Å². The zero-order valence-corrected chi connectivity index (χ0v) is 20.4. The fourth-order valence-corrected chi connectivity index (χ4v) is 6.08. The summed E-state index contributed by atoms with van der Waals surface area (Å²) < 4.78 is 0. The van der Waals surface area contributed by atoms with Crippen molar-refractivity contribution in [3.8, 4) is 0 Å². The van der Waals surface area contributed by atoms with E-state index < -0.39 is 0 Å². The van der Waals surface area contributed by atoms with Crippen molar-refractivity contribution in [3.63, 3.8) is 0 Å². The molecule has 6 heteroatoms. The molecule has 31 heavy (non-hydrogen) atoms. The first-order chi connectivity index (χ1) is 15.1. The van der Waals surface area contributed by atoms with Crippen LogP contribution in [0.2, 0.25) is 0 Å². The summed E-state index contributed by atoms with van der Waals surface area (Å²) in [6.07, 6.45) is 11.3. The molecule has 4 rings (SSSR count). The van der Waals surface area contributed by atoms with E-state index >= 15 is 0 Å². The van der Waals surface area contributed by atoms with Gasteiger partial charge in [-0.3, -0.25) is 4.79 Å². The van der Waals surface area contributed by atoms with Gasteiger partial charge in [0.1, 0.15) is 16.5 Å². The highest BCUT2D eigenvalue weighted by atomic mass is 32.1. The van der Waals surface area contributed by atoms with Gasteiger partial charge in [-0.25, -0.2) is 9.97 Å². The zero-order chi connectivity index (χ0) is 21.8. The lowest BCUT2D eigenvalue weighted by Crippen LogP contribution is -2.49. The first kappa shape index (κ1) is 22.5. The number of rotatable bonds is 8. The predicted molar refractivity (Wildman–Crippen MR) is 130 cm³/mol. The average Bonchev–Trinajstić information content (AvgIpc) is 3.19. The molecule has 1 atom stereocenters. The van der Waals surface area contributed by atoms with E-state index in [1.54, 1.807) is 0 Å². The van der Waals surface area contributed by atoms with Gasteiger partial charge in [0.25, 0.3) is 0 Å². The number of aromatic nitrogens is 2. The van der Waals surface area contributed by atoms with Crippen LogP contribution in [0.15, 0.2) is 0 Å². The van der Waals surface area contributed by atoms with Crippen molar-refractivity contribution in [2.45, 2.75) is 90.9 Å². The minimum absolute atomic E-state index is 0.330. The summed E-state index contributed by atoms with van der Waals surface area (Å²) >= 11 is 1.90. The van der Waals surface area contributed by atoms with E-state index in [2.05, 4.69) is 30.6 Å². The van der Waals surface area contributed by atoms with Crippen LogP contribution in [0.4, 0.5) is 5.82 Å². The molecule has 0 N–H and O–H groups in total. The number of aryl methyl sites for hydroxylation is 2. The molecule has 3 heterocycles. The maximum absolute atomic E-state index is 12.6. The molecule has 0 bridgehead atoms. The highest BCUT2D eigenvalue weighted by Gasteiger charge is 2.27. The summed E-state index contributed by atoms with van der Waals surface area (Å²) in [6, 6.07) is 0. The molecule has 0 saturated carbocycles. The largest absolute Gasteiger partial charge is 0.352 e. The second-order valence-electron chi connectivity index (χ2n) is 9.28. The lowest BCUT2D eigenvalue weighted by Gasteiger charge is -2.36. The molecule has 1 saturated heterocycles. The van der Waals surface area contributed by atoms with Gasteiger partial charge < -0.3 is 9.80 Å². The third kappa shape index (κ3) is 4.89. The van der Waals surface area contributed by atoms with Crippen LogP contribution in [0.5, 0.6) is 0 Å². The van der Waals surface area contributed by atoms with Crippen molar-refractivity contribution in [1.29, 1.82) is 0 Å². The monoisotopic (exact) mass is 442 g/mol. The summed E-state index contributed by atoms with van der Waals surface area (Å²) in [4.78, 5) is 30.0. The number of hydrogen-bond acceptors (Lipinski definition) is 5. The Balaban J connectivity index is 1.53. The maximum Gasteiger partial charge on any atom is 0.222 e. The van der Waals surface area contributed by atoms with Crippen LogP contribution in [-0.4, -0.2) is 47.0 Å². The second-order valence-corrected chi connectivity index (χ2v) is 10.4. The number of unbranched alkanes of at least 4 members (excludes halogenated alkanes) is 3. The Kier molecular flexibility index (Phi) is 7.47. The molecule has 2 aromatic rings. The normalized spacial score (nSPS) is 17.8. The van der Waals surface area contributed by atoms with Crippen LogP contribution < -0.4 is 4.90 Å². The summed E-state index contributed by atoms with van der Waals surface area (Å²) in [5.41, 5.74) is 1.51. The molecule has 0 spiro atoms. The number of anilines is 1. The SMILES string of the molecule is CCCCCCC(=O)N1CCN(c2nc(C(C)CC)nc3sc4c(c23)CCCC4)CC1. The van der Waals surface area contributed by atoms with Crippen LogP contribution in [0.3, 0.4) is 0 Å². The number of carbonyl (C=O) groups is 1. The van der Waals surface area contributed by atoms with Gasteiger partial charge in [-0.15, -0.1) is 11.3 Å². The van der Waals surface area contributed by atoms with Crippen molar-refractivity contribution in [2.75, 3.05) is 31.1 Å². The van der Waals surface area contributed by atoms with Gasteiger partial charge >= 0.3 is 0 Å². The third-order valence-electron chi connectivity index (χ3n) is 7.04. The summed E-state index contributed by atoms with van der Waals surface area (Å²) in [7, 11) is 0. The number of thiophene rings is 1. The molecule has 0 aromatic carbocycles. The van der Waals surface area contributed by atoms with E-state index in [1.165, 1.54) is 59.2 Å². The predicted octanol–water partition coefficient (Wildman–Crippen LogP) is 5.70. The van der Waals surface area contributed by atoms with Gasteiger partial charge in [0.05, 0.1) is 5.39 Å². The van der Waals surface area contributed by atoms with Crippen molar-refractivity contribution in [3.05, 3.63) is 16.3 Å². The lowest BCUT2D eigenvalue weighted by molar-refractivity contribution is -0.131. The Labute approximate surface area is 191 Å². The van der Waals surface area contributed by atoms with E-state index in [9.17, 15) is 4.79 Å². The Hall–Kier alpha value is -1.69. The fraction of sp³-hybridized carbons (Fsp3) is 0.720. The number of nitrogens with zero attached hydrogens (tertiary/aromatic N) is 4. The first-order valence-electron chi connectivity index (χ1n) is 12.5. The number of amides is 1. The first-order valence-corrected chi connectivity index (χ1v) is 13.3. The van der Waals surface area contributed by atoms with Gasteiger partial charge in [0, 0.05) is 43.4 Å². The van der Waals surface area contributed by atoms with Crippen LogP contribution in [0.25, 0.3) is 10.2 Å². The van der Waals surface area contributed by atoms with Gasteiger partial charge in [0.2, 0.25) is 5.91 Å². The smallest absolute Gasteiger partial charge is 0.222 e. The van der Waals surface area contributed by atoms with Gasteiger partial charge in [-0.1, -0.05) is 40.0 Å². The average molecular weight is 443 g/mol. The maximum atomic E-state index is 12.6. The van der Waals surface area contributed by atoms with Crippen molar-refractivity contribution < 1.29 is 4.79 Å². The van der Waals surface area contributed by atoms with E-state index in [4.69, 9.17) is 9.97 Å². The molecule has 1 aliphatic heterocycles. The molecular formula is C25H38N4OS. The Morgan fingerprint density at radius 1 is 1.03 bits per heavy atom. The topological polar surface area (TPSA) is 49.3 Å². The van der Waals surface area contributed by atoms with E-state index in [0.717, 1.165) is 57.1 Å². The molecular weight excluding hydrogens is 404 g/mol. The molecule has 5 nitrogen and oxygen atoms in total. The highest BCUT2D eigenvalue weighted by molar-refractivity contribution is 7.19. The number of fused-ring (bicyclic) bond motifs is 3. The Morgan fingerprint density at radius 3 is 2.55 bits per heavy atom. The summed E-state index contributed by atoms with van der Waals surface area (Å²) in [6.45, 7) is 10.0. The van der Waals surface area contributed by atoms with Gasteiger partial charge in [0.15, 0.2) is 0 Å². The van der Waals surface area contributed by atoms with Gasteiger partial charge in [-0.2, -0.15) is 0 Å². The Bertz CT molecular complexity index is 901. The fourth-order valence-electron chi connectivity index (χ4n) is 4.81. The van der Waals surface area contributed by atoms with Crippen LogP contribution in [-0.2, 0) is 17.6 Å². The second kappa shape index (κ2) is 10.3. The zero-order valence-electron chi connectivity index (χ0n) is 19.6. The van der Waals surface area contributed by atoms with Crippen molar-refractivity contribution in [2.24, 2.45) is 0 Å². The molecule has 2 aromatic heterocycles. The minimum atomic E-state index is 0.330. The van der Waals surface area contributed by atoms with Crippen LogP contribution in [0.1, 0.15) is 94.3 Å². The molecule has 1 aliphatic carbocycles. The van der Waals surface area contributed by atoms with E-state index in [1.807, 2.05) is 11.3 Å². The molecule has 1 amide bonds.